The van der Waals surface area contributed by atoms with E-state index in [2.05, 4.69) is 66.7 Å². The van der Waals surface area contributed by atoms with E-state index in [0.717, 1.165) is 0 Å². The van der Waals surface area contributed by atoms with Gasteiger partial charge in [0.05, 0.1) is 0 Å². The van der Waals surface area contributed by atoms with Crippen molar-refractivity contribution in [3.63, 3.8) is 0 Å². The van der Waals surface area contributed by atoms with Gasteiger partial charge in [-0.1, -0.05) is 60.7 Å². The Bertz CT molecular complexity index is 755. The Morgan fingerprint density at radius 1 is 0.850 bits per heavy atom. The van der Waals surface area contributed by atoms with Crippen LogP contribution in [-0.4, -0.2) is 0 Å². The summed E-state index contributed by atoms with van der Waals surface area (Å²) in [5.74, 6) is 0.518. The van der Waals surface area contributed by atoms with Gasteiger partial charge in [-0.05, 0) is 52.8 Å². The lowest BCUT2D eigenvalue weighted by molar-refractivity contribution is 0.616. The van der Waals surface area contributed by atoms with Gasteiger partial charge in [-0.25, -0.2) is 0 Å². The zero-order chi connectivity index (χ0) is 13.4. The second kappa shape index (κ2) is 4.79. The number of hydrogen-bond donors (Lipinski definition) is 0. The molecule has 0 heterocycles. The summed E-state index contributed by atoms with van der Waals surface area (Å²) in [7, 11) is 0. The Morgan fingerprint density at radius 3 is 2.70 bits per heavy atom. The number of hydrogen-bond acceptors (Lipinski definition) is 0. The van der Waals surface area contributed by atoms with E-state index in [1.807, 2.05) is 0 Å². The van der Waals surface area contributed by atoms with E-state index in [-0.39, 0.29) is 0 Å². The minimum atomic E-state index is 0.518. The molecule has 20 heavy (non-hydrogen) atoms. The molecule has 0 saturated heterocycles. The Hall–Kier alpha value is -2.08. The Balaban J connectivity index is 1.84. The molecule has 0 amide bonds. The average molecular weight is 257 g/mol. The molecule has 0 fully saturated rings. The SMILES string of the molecule is [c]1c(C2CCCc3ccccc32)ccc2ccccc12. The summed E-state index contributed by atoms with van der Waals surface area (Å²) in [5.41, 5.74) is 4.37. The van der Waals surface area contributed by atoms with Gasteiger partial charge < -0.3 is 0 Å². The first kappa shape index (κ1) is 11.7. The molecule has 1 unspecified atom stereocenters. The van der Waals surface area contributed by atoms with E-state index in [1.165, 1.54) is 46.7 Å². The van der Waals surface area contributed by atoms with Crippen LogP contribution in [0.3, 0.4) is 0 Å². The van der Waals surface area contributed by atoms with Gasteiger partial charge in [0, 0.05) is 5.92 Å². The third-order valence-corrected chi connectivity index (χ3v) is 4.43. The Morgan fingerprint density at radius 2 is 1.70 bits per heavy atom. The minimum absolute atomic E-state index is 0.518. The van der Waals surface area contributed by atoms with E-state index in [0.29, 0.717) is 5.92 Å². The van der Waals surface area contributed by atoms with Gasteiger partial charge in [-0.3, -0.25) is 0 Å². The molecule has 1 radical (unpaired) electrons. The quantitative estimate of drug-likeness (QED) is 0.568. The van der Waals surface area contributed by atoms with Crippen molar-refractivity contribution in [2.45, 2.75) is 25.2 Å². The first-order valence-corrected chi connectivity index (χ1v) is 7.40. The number of aryl methyl sites for hydroxylation is 1. The molecule has 0 aromatic heterocycles. The molecule has 3 aromatic carbocycles. The maximum atomic E-state index is 3.64. The zero-order valence-electron chi connectivity index (χ0n) is 11.5. The first-order chi connectivity index (χ1) is 9.92. The van der Waals surface area contributed by atoms with Crippen LogP contribution in [0.5, 0.6) is 0 Å². The van der Waals surface area contributed by atoms with Crippen molar-refractivity contribution in [3.05, 3.63) is 83.4 Å². The van der Waals surface area contributed by atoms with Gasteiger partial charge in [0.2, 0.25) is 0 Å². The summed E-state index contributed by atoms with van der Waals surface area (Å²) in [5, 5.41) is 2.51. The molecule has 4 rings (SSSR count). The summed E-state index contributed by atoms with van der Waals surface area (Å²) >= 11 is 0. The van der Waals surface area contributed by atoms with Gasteiger partial charge in [-0.15, -0.1) is 0 Å². The zero-order valence-corrected chi connectivity index (χ0v) is 11.5. The van der Waals surface area contributed by atoms with Crippen LogP contribution in [0.25, 0.3) is 10.8 Å². The highest BCUT2D eigenvalue weighted by Gasteiger charge is 2.21. The van der Waals surface area contributed by atoms with Crippen molar-refractivity contribution in [3.8, 4) is 0 Å². The minimum Gasteiger partial charge on any atom is -0.0620 e. The maximum absolute atomic E-state index is 3.64. The van der Waals surface area contributed by atoms with Crippen LogP contribution in [0.1, 0.15) is 35.4 Å². The topological polar surface area (TPSA) is 0 Å². The van der Waals surface area contributed by atoms with Gasteiger partial charge in [-0.2, -0.15) is 0 Å². The monoisotopic (exact) mass is 257 g/mol. The molecule has 0 N–H and O–H groups in total. The lowest BCUT2D eigenvalue weighted by Gasteiger charge is -2.26. The molecule has 0 spiro atoms. The van der Waals surface area contributed by atoms with Crippen molar-refractivity contribution in [1.29, 1.82) is 0 Å². The van der Waals surface area contributed by atoms with Crippen LogP contribution < -0.4 is 0 Å². The maximum Gasteiger partial charge on any atom is 0.00985 e. The Labute approximate surface area is 120 Å². The van der Waals surface area contributed by atoms with Crippen molar-refractivity contribution in [2.24, 2.45) is 0 Å². The lowest BCUT2D eigenvalue weighted by Crippen LogP contribution is -2.10. The molecule has 1 aliphatic rings. The highest BCUT2D eigenvalue weighted by atomic mass is 14.2. The third kappa shape index (κ3) is 1.92. The third-order valence-electron chi connectivity index (χ3n) is 4.43. The normalized spacial score (nSPS) is 17.9. The van der Waals surface area contributed by atoms with Crippen molar-refractivity contribution in [2.75, 3.05) is 0 Å². The smallest absolute Gasteiger partial charge is 0.00985 e. The first-order valence-electron chi connectivity index (χ1n) is 7.40. The summed E-state index contributed by atoms with van der Waals surface area (Å²) in [4.78, 5) is 0. The fraction of sp³-hybridized carbons (Fsp3) is 0.200. The highest BCUT2D eigenvalue weighted by Crippen LogP contribution is 2.37. The second-order valence-electron chi connectivity index (χ2n) is 5.64. The molecular formula is C20H17. The van der Waals surface area contributed by atoms with E-state index >= 15 is 0 Å². The summed E-state index contributed by atoms with van der Waals surface area (Å²) in [6.07, 6.45) is 3.74. The van der Waals surface area contributed by atoms with Crippen molar-refractivity contribution in [1.82, 2.24) is 0 Å². The molecule has 0 nitrogen and oxygen atoms in total. The van der Waals surface area contributed by atoms with E-state index in [1.54, 1.807) is 0 Å². The largest absolute Gasteiger partial charge is 0.0620 e. The predicted octanol–water partition coefficient (Wildman–Crippen LogP) is 5.11. The van der Waals surface area contributed by atoms with E-state index < -0.39 is 0 Å². The molecule has 0 bridgehead atoms. The molecule has 97 valence electrons. The van der Waals surface area contributed by atoms with E-state index in [4.69, 9.17) is 0 Å². The van der Waals surface area contributed by atoms with Crippen LogP contribution in [0.4, 0.5) is 0 Å². The molecule has 0 aliphatic heterocycles. The predicted molar refractivity (Wildman–Crippen MR) is 84.0 cm³/mol. The van der Waals surface area contributed by atoms with E-state index in [9.17, 15) is 0 Å². The number of fused-ring (bicyclic) bond motifs is 2. The molecule has 1 aliphatic carbocycles. The summed E-state index contributed by atoms with van der Waals surface area (Å²) < 4.78 is 0. The summed E-state index contributed by atoms with van der Waals surface area (Å²) in [6.45, 7) is 0. The molecule has 3 aromatic rings. The number of benzene rings is 3. The van der Waals surface area contributed by atoms with Crippen LogP contribution in [0.2, 0.25) is 0 Å². The van der Waals surface area contributed by atoms with Gasteiger partial charge in [0.25, 0.3) is 0 Å². The standard InChI is InChI=1S/C20H17/c1-2-8-17-14-18(13-12-15(17)6-1)20-11-5-9-16-7-3-4-10-19(16)20/h1-4,6-8,10,12-13,20H,5,9,11H2. The van der Waals surface area contributed by atoms with Crippen LogP contribution in [0, 0.1) is 6.07 Å². The van der Waals surface area contributed by atoms with Crippen LogP contribution in [-0.2, 0) is 6.42 Å². The van der Waals surface area contributed by atoms with Gasteiger partial charge >= 0.3 is 0 Å². The molecule has 1 atom stereocenters. The molecule has 0 saturated carbocycles. The number of rotatable bonds is 1. The highest BCUT2D eigenvalue weighted by molar-refractivity contribution is 5.82. The van der Waals surface area contributed by atoms with Crippen molar-refractivity contribution < 1.29 is 0 Å². The fourth-order valence-corrected chi connectivity index (χ4v) is 3.41. The van der Waals surface area contributed by atoms with Crippen LogP contribution in [0.15, 0.2) is 60.7 Å². The Kier molecular flexibility index (Phi) is 2.81. The average Bonchev–Trinajstić information content (AvgIpc) is 2.54. The van der Waals surface area contributed by atoms with Gasteiger partial charge in [0.1, 0.15) is 0 Å². The second-order valence-corrected chi connectivity index (χ2v) is 5.64. The summed E-state index contributed by atoms with van der Waals surface area (Å²) in [6, 6.07) is 25.5. The molecular weight excluding hydrogens is 240 g/mol. The molecule has 0 heteroatoms. The lowest BCUT2D eigenvalue weighted by atomic mass is 9.78. The van der Waals surface area contributed by atoms with Crippen molar-refractivity contribution >= 4 is 10.8 Å². The van der Waals surface area contributed by atoms with Gasteiger partial charge in [0.15, 0.2) is 0 Å². The fourth-order valence-electron chi connectivity index (χ4n) is 3.41. The van der Waals surface area contributed by atoms with Crippen LogP contribution >= 0.6 is 0 Å².